The molecule has 174 valence electrons. The number of carbonyl (C=O) groups is 2. The standard InChI is InChI=1S/C29H29NO4/c1-17(2)23-16-21(11-14-24(23)34-5)27(31)25-26(20-8-6-7-19(4)15-20)30(29(33)28(25)32)22-12-9-18(3)10-13-22/h6-17,26,31H,1-5H3/b27-25-. The zero-order chi connectivity index (χ0) is 24.6. The van der Waals surface area contributed by atoms with Crippen LogP contribution in [0.5, 0.6) is 5.75 Å². The molecule has 5 nitrogen and oxygen atoms in total. The van der Waals surface area contributed by atoms with Crippen molar-refractivity contribution < 1.29 is 19.4 Å². The molecule has 4 rings (SSSR count). The lowest BCUT2D eigenvalue weighted by Crippen LogP contribution is -2.29. The molecule has 0 spiro atoms. The van der Waals surface area contributed by atoms with E-state index in [0.29, 0.717) is 17.0 Å². The lowest BCUT2D eigenvalue weighted by Gasteiger charge is -2.26. The minimum absolute atomic E-state index is 0.0797. The Kier molecular flexibility index (Phi) is 6.29. The van der Waals surface area contributed by atoms with Gasteiger partial charge in [-0.15, -0.1) is 0 Å². The van der Waals surface area contributed by atoms with Crippen molar-refractivity contribution in [2.45, 2.75) is 39.7 Å². The third-order valence-electron chi connectivity index (χ3n) is 6.24. The van der Waals surface area contributed by atoms with Crippen molar-refractivity contribution in [3.8, 4) is 5.75 Å². The molecule has 1 amide bonds. The van der Waals surface area contributed by atoms with Crippen LogP contribution in [0.15, 0.2) is 72.3 Å². The van der Waals surface area contributed by atoms with Crippen LogP contribution in [0.3, 0.4) is 0 Å². The average molecular weight is 456 g/mol. The van der Waals surface area contributed by atoms with Crippen molar-refractivity contribution in [3.05, 3.63) is 100 Å². The number of anilines is 1. The smallest absolute Gasteiger partial charge is 0.300 e. The normalized spacial score (nSPS) is 17.5. The first kappa shape index (κ1) is 23.3. The van der Waals surface area contributed by atoms with E-state index in [1.165, 1.54) is 4.90 Å². The fraction of sp³-hybridized carbons (Fsp3) is 0.241. The van der Waals surface area contributed by atoms with E-state index in [4.69, 9.17) is 4.74 Å². The van der Waals surface area contributed by atoms with Crippen LogP contribution in [0, 0.1) is 13.8 Å². The SMILES string of the molecule is COc1ccc(/C(O)=C2/C(=O)C(=O)N(c3ccc(C)cc3)C2c2cccc(C)c2)cc1C(C)C. The Morgan fingerprint density at radius 1 is 0.941 bits per heavy atom. The second kappa shape index (κ2) is 9.18. The van der Waals surface area contributed by atoms with Crippen LogP contribution < -0.4 is 9.64 Å². The number of ketones is 1. The summed E-state index contributed by atoms with van der Waals surface area (Å²) in [5.41, 5.74) is 4.88. The highest BCUT2D eigenvalue weighted by Crippen LogP contribution is 2.43. The Hall–Kier alpha value is -3.86. The summed E-state index contributed by atoms with van der Waals surface area (Å²) in [6, 6.07) is 19.7. The predicted octanol–water partition coefficient (Wildman–Crippen LogP) is 6.06. The molecule has 3 aromatic carbocycles. The third kappa shape index (κ3) is 4.10. The molecule has 1 aliphatic rings. The van der Waals surface area contributed by atoms with E-state index in [-0.39, 0.29) is 17.3 Å². The van der Waals surface area contributed by atoms with Crippen molar-refractivity contribution in [1.29, 1.82) is 0 Å². The number of benzene rings is 3. The summed E-state index contributed by atoms with van der Waals surface area (Å²) in [5.74, 6) is -0.697. The van der Waals surface area contributed by atoms with Crippen LogP contribution in [0.1, 0.15) is 53.6 Å². The van der Waals surface area contributed by atoms with Crippen molar-refractivity contribution in [2.75, 3.05) is 12.0 Å². The summed E-state index contributed by atoms with van der Waals surface area (Å²) in [5, 5.41) is 11.4. The summed E-state index contributed by atoms with van der Waals surface area (Å²) >= 11 is 0. The Morgan fingerprint density at radius 3 is 2.26 bits per heavy atom. The maximum atomic E-state index is 13.3. The highest BCUT2D eigenvalue weighted by molar-refractivity contribution is 6.51. The summed E-state index contributed by atoms with van der Waals surface area (Å²) < 4.78 is 5.47. The minimum Gasteiger partial charge on any atom is -0.507 e. The molecular formula is C29H29NO4. The molecule has 0 aliphatic carbocycles. The number of aliphatic hydroxyl groups is 1. The summed E-state index contributed by atoms with van der Waals surface area (Å²) in [6.07, 6.45) is 0. The second-order valence-corrected chi connectivity index (χ2v) is 9.03. The Labute approximate surface area is 200 Å². The number of Topliss-reactive ketones (excluding diaryl/α,β-unsaturated/α-hetero) is 1. The molecule has 0 aromatic heterocycles. The Bertz CT molecular complexity index is 1290. The molecule has 1 unspecified atom stereocenters. The highest BCUT2D eigenvalue weighted by Gasteiger charge is 2.47. The molecule has 1 saturated heterocycles. The molecule has 0 radical (unpaired) electrons. The van der Waals surface area contributed by atoms with E-state index in [1.54, 1.807) is 19.2 Å². The van der Waals surface area contributed by atoms with Crippen LogP contribution in [0.25, 0.3) is 5.76 Å². The van der Waals surface area contributed by atoms with Crippen LogP contribution in [-0.2, 0) is 9.59 Å². The number of ether oxygens (including phenoxy) is 1. The van der Waals surface area contributed by atoms with Crippen LogP contribution in [0.2, 0.25) is 0 Å². The second-order valence-electron chi connectivity index (χ2n) is 9.03. The van der Waals surface area contributed by atoms with Gasteiger partial charge in [0.25, 0.3) is 11.7 Å². The van der Waals surface area contributed by atoms with Crippen molar-refractivity contribution in [2.24, 2.45) is 0 Å². The fourth-order valence-electron chi connectivity index (χ4n) is 4.45. The zero-order valence-corrected chi connectivity index (χ0v) is 20.1. The number of amides is 1. The molecule has 1 N–H and O–H groups in total. The highest BCUT2D eigenvalue weighted by atomic mass is 16.5. The molecule has 3 aromatic rings. The molecule has 5 heteroatoms. The molecule has 0 saturated carbocycles. The van der Waals surface area contributed by atoms with E-state index < -0.39 is 17.7 Å². The molecule has 1 aliphatic heterocycles. The van der Waals surface area contributed by atoms with E-state index in [1.807, 2.05) is 82.3 Å². The quantitative estimate of drug-likeness (QED) is 0.288. The summed E-state index contributed by atoms with van der Waals surface area (Å²) in [4.78, 5) is 28.1. The van der Waals surface area contributed by atoms with E-state index in [0.717, 1.165) is 22.3 Å². The molecule has 1 heterocycles. The first-order valence-corrected chi connectivity index (χ1v) is 11.4. The predicted molar refractivity (Wildman–Crippen MR) is 134 cm³/mol. The van der Waals surface area contributed by atoms with E-state index >= 15 is 0 Å². The van der Waals surface area contributed by atoms with Crippen LogP contribution >= 0.6 is 0 Å². The fourth-order valence-corrected chi connectivity index (χ4v) is 4.45. The first-order chi connectivity index (χ1) is 16.2. The lowest BCUT2D eigenvalue weighted by molar-refractivity contribution is -0.132. The van der Waals surface area contributed by atoms with Crippen LogP contribution in [0.4, 0.5) is 5.69 Å². The van der Waals surface area contributed by atoms with Gasteiger partial charge in [0.1, 0.15) is 11.5 Å². The molecule has 0 bridgehead atoms. The Morgan fingerprint density at radius 2 is 1.65 bits per heavy atom. The number of hydrogen-bond donors (Lipinski definition) is 1. The average Bonchev–Trinajstić information content (AvgIpc) is 3.09. The molecule has 1 fully saturated rings. The summed E-state index contributed by atoms with van der Waals surface area (Å²) in [6.45, 7) is 7.99. The lowest BCUT2D eigenvalue weighted by atomic mass is 9.92. The van der Waals surface area contributed by atoms with Gasteiger partial charge in [0.15, 0.2) is 0 Å². The van der Waals surface area contributed by atoms with Gasteiger partial charge >= 0.3 is 0 Å². The van der Waals surface area contributed by atoms with Gasteiger partial charge in [-0.25, -0.2) is 0 Å². The Balaban J connectivity index is 1.95. The van der Waals surface area contributed by atoms with Gasteiger partial charge in [-0.3, -0.25) is 14.5 Å². The largest absolute Gasteiger partial charge is 0.507 e. The topological polar surface area (TPSA) is 66.8 Å². The number of aliphatic hydroxyl groups excluding tert-OH is 1. The van der Waals surface area contributed by atoms with Gasteiger partial charge in [0.2, 0.25) is 0 Å². The van der Waals surface area contributed by atoms with E-state index in [9.17, 15) is 14.7 Å². The van der Waals surface area contributed by atoms with Gasteiger partial charge in [0, 0.05) is 11.3 Å². The van der Waals surface area contributed by atoms with Gasteiger partial charge in [0.05, 0.1) is 18.7 Å². The number of nitrogens with zero attached hydrogens (tertiary/aromatic N) is 1. The maximum Gasteiger partial charge on any atom is 0.300 e. The monoisotopic (exact) mass is 455 g/mol. The van der Waals surface area contributed by atoms with E-state index in [2.05, 4.69) is 0 Å². The van der Waals surface area contributed by atoms with Gasteiger partial charge < -0.3 is 9.84 Å². The first-order valence-electron chi connectivity index (χ1n) is 11.4. The van der Waals surface area contributed by atoms with Crippen molar-refractivity contribution in [1.82, 2.24) is 0 Å². The van der Waals surface area contributed by atoms with Gasteiger partial charge in [-0.05, 0) is 61.2 Å². The number of hydrogen-bond acceptors (Lipinski definition) is 4. The number of rotatable bonds is 5. The molecular weight excluding hydrogens is 426 g/mol. The molecule has 34 heavy (non-hydrogen) atoms. The molecule has 1 atom stereocenters. The van der Waals surface area contributed by atoms with Gasteiger partial charge in [-0.1, -0.05) is 61.4 Å². The number of methoxy groups -OCH3 is 1. The zero-order valence-electron chi connectivity index (χ0n) is 20.1. The minimum atomic E-state index is -0.743. The number of aryl methyl sites for hydroxylation is 2. The van der Waals surface area contributed by atoms with Gasteiger partial charge in [-0.2, -0.15) is 0 Å². The van der Waals surface area contributed by atoms with Crippen molar-refractivity contribution >= 4 is 23.1 Å². The third-order valence-corrected chi connectivity index (χ3v) is 6.24. The number of carbonyl (C=O) groups excluding carboxylic acids is 2. The summed E-state index contributed by atoms with van der Waals surface area (Å²) in [7, 11) is 1.60. The maximum absolute atomic E-state index is 13.3. The van der Waals surface area contributed by atoms with Crippen molar-refractivity contribution in [3.63, 3.8) is 0 Å². The van der Waals surface area contributed by atoms with Crippen LogP contribution in [-0.4, -0.2) is 23.9 Å².